The van der Waals surface area contributed by atoms with Gasteiger partial charge in [0.05, 0.1) is 13.0 Å². The Balaban J connectivity index is 1.89. The fraction of sp³-hybridized carbons (Fsp3) is 0.278. The third kappa shape index (κ3) is 4.01. The lowest BCUT2D eigenvalue weighted by Gasteiger charge is -2.12. The molecule has 2 aromatic carbocycles. The molecule has 0 fully saturated rings. The molecule has 0 bridgehead atoms. The summed E-state index contributed by atoms with van der Waals surface area (Å²) in [6.07, 6.45) is 0.294. The predicted molar refractivity (Wildman–Crippen MR) is 90.2 cm³/mol. The number of carbonyl (C=O) groups is 1. The van der Waals surface area contributed by atoms with E-state index in [2.05, 4.69) is 5.32 Å². The van der Waals surface area contributed by atoms with E-state index in [0.29, 0.717) is 18.7 Å². The Hall–Kier alpha value is -2.49. The second-order valence-electron chi connectivity index (χ2n) is 5.44. The number of hydrogen-bond donors (Lipinski definition) is 2. The average molecular weight is 298 g/mol. The van der Waals surface area contributed by atoms with Gasteiger partial charge in [-0.05, 0) is 49.6 Å². The van der Waals surface area contributed by atoms with E-state index in [4.69, 9.17) is 10.5 Å². The van der Waals surface area contributed by atoms with E-state index in [-0.39, 0.29) is 5.91 Å². The molecule has 0 aliphatic heterocycles. The second-order valence-corrected chi connectivity index (χ2v) is 5.44. The normalized spacial score (nSPS) is 10.3. The summed E-state index contributed by atoms with van der Waals surface area (Å²) in [7, 11) is 0. The lowest BCUT2D eigenvalue weighted by atomic mass is 10.1. The number of aryl methyl sites for hydroxylation is 3. The average Bonchev–Trinajstić information content (AvgIpc) is 2.46. The van der Waals surface area contributed by atoms with Gasteiger partial charge in [0.2, 0.25) is 5.91 Å². The Bertz CT molecular complexity index is 661. The van der Waals surface area contributed by atoms with Crippen LogP contribution in [0.4, 0.5) is 11.4 Å². The van der Waals surface area contributed by atoms with Gasteiger partial charge in [0.15, 0.2) is 0 Å². The number of para-hydroxylation sites is 1. The van der Waals surface area contributed by atoms with Crippen LogP contribution in [0.2, 0.25) is 0 Å². The van der Waals surface area contributed by atoms with Crippen molar-refractivity contribution in [3.8, 4) is 5.75 Å². The summed E-state index contributed by atoms with van der Waals surface area (Å²) in [5, 5.41) is 2.87. The van der Waals surface area contributed by atoms with Crippen LogP contribution in [-0.2, 0) is 4.79 Å². The minimum atomic E-state index is -0.0834. The van der Waals surface area contributed by atoms with Crippen molar-refractivity contribution >= 4 is 17.3 Å². The van der Waals surface area contributed by atoms with Crippen LogP contribution in [0.25, 0.3) is 0 Å². The highest BCUT2D eigenvalue weighted by molar-refractivity contribution is 5.92. The van der Waals surface area contributed by atoms with Gasteiger partial charge in [-0.2, -0.15) is 0 Å². The molecule has 0 saturated heterocycles. The monoisotopic (exact) mass is 298 g/mol. The molecule has 0 spiro atoms. The maximum Gasteiger partial charge on any atom is 0.227 e. The number of nitrogens with two attached hydrogens (primary N) is 1. The van der Waals surface area contributed by atoms with E-state index in [0.717, 1.165) is 28.1 Å². The smallest absolute Gasteiger partial charge is 0.227 e. The number of rotatable bonds is 5. The van der Waals surface area contributed by atoms with Crippen molar-refractivity contribution in [3.05, 3.63) is 53.1 Å². The Morgan fingerprint density at radius 3 is 2.45 bits per heavy atom. The molecule has 22 heavy (non-hydrogen) atoms. The van der Waals surface area contributed by atoms with Crippen LogP contribution in [0, 0.1) is 20.8 Å². The molecule has 4 heteroatoms. The highest BCUT2D eigenvalue weighted by Gasteiger charge is 2.07. The topological polar surface area (TPSA) is 64.3 Å². The number of ether oxygens (including phenoxy) is 1. The van der Waals surface area contributed by atoms with Crippen molar-refractivity contribution in [2.45, 2.75) is 27.2 Å². The van der Waals surface area contributed by atoms with Crippen molar-refractivity contribution in [3.63, 3.8) is 0 Å². The molecule has 3 N–H and O–H groups in total. The van der Waals surface area contributed by atoms with E-state index in [9.17, 15) is 4.79 Å². The largest absolute Gasteiger partial charge is 0.493 e. The number of anilines is 2. The van der Waals surface area contributed by atoms with E-state index in [1.54, 1.807) is 6.07 Å². The van der Waals surface area contributed by atoms with Crippen LogP contribution in [0.3, 0.4) is 0 Å². The van der Waals surface area contributed by atoms with Gasteiger partial charge in [-0.3, -0.25) is 4.79 Å². The van der Waals surface area contributed by atoms with Crippen molar-refractivity contribution in [1.82, 2.24) is 0 Å². The minimum absolute atomic E-state index is 0.0834. The van der Waals surface area contributed by atoms with Gasteiger partial charge in [0, 0.05) is 11.4 Å². The maximum absolute atomic E-state index is 12.0. The number of nitrogen functional groups attached to an aromatic ring is 1. The minimum Gasteiger partial charge on any atom is -0.493 e. The Morgan fingerprint density at radius 1 is 1.09 bits per heavy atom. The molecule has 0 aromatic heterocycles. The van der Waals surface area contributed by atoms with Crippen LogP contribution >= 0.6 is 0 Å². The van der Waals surface area contributed by atoms with Gasteiger partial charge in [0.1, 0.15) is 5.75 Å². The first-order chi connectivity index (χ1) is 10.5. The van der Waals surface area contributed by atoms with E-state index < -0.39 is 0 Å². The molecule has 2 rings (SSSR count). The first-order valence-corrected chi connectivity index (χ1v) is 7.32. The predicted octanol–water partition coefficient (Wildman–Crippen LogP) is 3.60. The molecule has 0 saturated carbocycles. The SMILES string of the molecule is Cc1ccc(N)cc1NC(=O)CCOc1c(C)cccc1C. The molecule has 0 heterocycles. The molecule has 2 aromatic rings. The van der Waals surface area contributed by atoms with Crippen LogP contribution in [0.15, 0.2) is 36.4 Å². The van der Waals surface area contributed by atoms with Crippen LogP contribution in [0.1, 0.15) is 23.1 Å². The fourth-order valence-corrected chi connectivity index (χ4v) is 2.26. The zero-order chi connectivity index (χ0) is 16.1. The number of hydrogen-bond acceptors (Lipinski definition) is 3. The quantitative estimate of drug-likeness (QED) is 0.829. The molecule has 0 aliphatic carbocycles. The Morgan fingerprint density at radius 2 is 1.77 bits per heavy atom. The summed E-state index contributed by atoms with van der Waals surface area (Å²) >= 11 is 0. The highest BCUT2D eigenvalue weighted by Crippen LogP contribution is 2.22. The molecule has 0 unspecified atom stereocenters. The summed E-state index contributed by atoms with van der Waals surface area (Å²) in [4.78, 5) is 12.0. The summed E-state index contributed by atoms with van der Waals surface area (Å²) in [5.41, 5.74) is 10.3. The molecule has 4 nitrogen and oxygen atoms in total. The van der Waals surface area contributed by atoms with E-state index in [1.165, 1.54) is 0 Å². The van der Waals surface area contributed by atoms with Crippen LogP contribution in [0.5, 0.6) is 5.75 Å². The van der Waals surface area contributed by atoms with Gasteiger partial charge in [-0.25, -0.2) is 0 Å². The molecule has 0 radical (unpaired) electrons. The first kappa shape index (κ1) is 15.9. The molecule has 0 atom stereocenters. The number of carbonyl (C=O) groups excluding carboxylic acids is 1. The lowest BCUT2D eigenvalue weighted by Crippen LogP contribution is -2.16. The van der Waals surface area contributed by atoms with Crippen molar-refractivity contribution < 1.29 is 9.53 Å². The highest BCUT2D eigenvalue weighted by atomic mass is 16.5. The summed E-state index contributed by atoms with van der Waals surface area (Å²) in [6, 6.07) is 11.5. The van der Waals surface area contributed by atoms with Crippen molar-refractivity contribution in [2.75, 3.05) is 17.7 Å². The Kier molecular flexibility index (Phi) is 5.04. The molecule has 0 aliphatic rings. The standard InChI is InChI=1S/C18H22N2O2/c1-12-7-8-15(19)11-16(12)20-17(21)9-10-22-18-13(2)5-4-6-14(18)3/h4-8,11H,9-10,19H2,1-3H3,(H,20,21). The van der Waals surface area contributed by atoms with Gasteiger partial charge in [-0.15, -0.1) is 0 Å². The number of amides is 1. The third-order valence-corrected chi connectivity index (χ3v) is 3.52. The first-order valence-electron chi connectivity index (χ1n) is 7.32. The van der Waals surface area contributed by atoms with Gasteiger partial charge in [-0.1, -0.05) is 24.3 Å². The fourth-order valence-electron chi connectivity index (χ4n) is 2.26. The van der Waals surface area contributed by atoms with Gasteiger partial charge >= 0.3 is 0 Å². The Labute approximate surface area is 131 Å². The van der Waals surface area contributed by atoms with Gasteiger partial charge < -0.3 is 15.8 Å². The molecular formula is C18H22N2O2. The number of nitrogens with one attached hydrogen (secondary N) is 1. The van der Waals surface area contributed by atoms with E-state index in [1.807, 2.05) is 51.1 Å². The molecule has 116 valence electrons. The zero-order valence-corrected chi connectivity index (χ0v) is 13.3. The van der Waals surface area contributed by atoms with Crippen molar-refractivity contribution in [1.29, 1.82) is 0 Å². The third-order valence-electron chi connectivity index (χ3n) is 3.52. The lowest BCUT2D eigenvalue weighted by molar-refractivity contribution is -0.116. The number of benzene rings is 2. The second kappa shape index (κ2) is 6.98. The molecule has 1 amide bonds. The summed E-state index contributed by atoms with van der Waals surface area (Å²) in [5.74, 6) is 0.773. The van der Waals surface area contributed by atoms with Crippen LogP contribution in [-0.4, -0.2) is 12.5 Å². The maximum atomic E-state index is 12.0. The molecular weight excluding hydrogens is 276 g/mol. The summed E-state index contributed by atoms with van der Waals surface area (Å²) < 4.78 is 5.74. The zero-order valence-electron chi connectivity index (χ0n) is 13.3. The van der Waals surface area contributed by atoms with E-state index >= 15 is 0 Å². The van der Waals surface area contributed by atoms with Gasteiger partial charge in [0.25, 0.3) is 0 Å². The van der Waals surface area contributed by atoms with Crippen LogP contribution < -0.4 is 15.8 Å². The van der Waals surface area contributed by atoms with Crippen molar-refractivity contribution in [2.24, 2.45) is 0 Å². The summed E-state index contributed by atoms with van der Waals surface area (Å²) in [6.45, 7) is 6.28.